The van der Waals surface area contributed by atoms with E-state index in [1.54, 1.807) is 4.90 Å². The molecule has 34 heavy (non-hydrogen) atoms. The number of amides is 1. The number of hydrogen-bond donors (Lipinski definition) is 1. The molecule has 1 aliphatic heterocycles. The van der Waals surface area contributed by atoms with Crippen molar-refractivity contribution in [3.8, 4) is 0 Å². The van der Waals surface area contributed by atoms with Gasteiger partial charge in [-0.25, -0.2) is 9.78 Å². The summed E-state index contributed by atoms with van der Waals surface area (Å²) in [5.74, 6) is 0. The van der Waals surface area contributed by atoms with Crippen molar-refractivity contribution in [3.63, 3.8) is 0 Å². The van der Waals surface area contributed by atoms with Crippen LogP contribution in [0, 0.1) is 0 Å². The molecule has 1 N–H and O–H groups in total. The fourth-order valence-corrected chi connectivity index (χ4v) is 5.48. The molecule has 0 radical (unpaired) electrons. The summed E-state index contributed by atoms with van der Waals surface area (Å²) in [7, 11) is 0. The maximum Gasteiger partial charge on any atom is 0.410 e. The number of benzene rings is 3. The van der Waals surface area contributed by atoms with Gasteiger partial charge in [-0.2, -0.15) is 0 Å². The van der Waals surface area contributed by atoms with Gasteiger partial charge in [-0.05, 0) is 29.5 Å². The van der Waals surface area contributed by atoms with Crippen LogP contribution in [0.25, 0.3) is 0 Å². The Labute approximate surface area is 203 Å². The maximum atomic E-state index is 12.9. The third kappa shape index (κ3) is 4.34. The first-order chi connectivity index (χ1) is 16.7. The van der Waals surface area contributed by atoms with Crippen molar-refractivity contribution < 1.29 is 14.6 Å². The van der Waals surface area contributed by atoms with Crippen LogP contribution >= 0.6 is 11.3 Å². The number of thiazole rings is 1. The number of ether oxygens (including phenoxy) is 1. The van der Waals surface area contributed by atoms with Gasteiger partial charge in [0.05, 0.1) is 11.7 Å². The highest BCUT2D eigenvalue weighted by Gasteiger charge is 2.39. The summed E-state index contributed by atoms with van der Waals surface area (Å²) in [6, 6.07) is 28.7. The largest absolute Gasteiger partial charge is 0.445 e. The van der Waals surface area contributed by atoms with Gasteiger partial charge in [-0.15, -0.1) is 11.3 Å². The van der Waals surface area contributed by atoms with Crippen LogP contribution in [0.1, 0.15) is 46.3 Å². The van der Waals surface area contributed by atoms with E-state index in [9.17, 15) is 9.90 Å². The van der Waals surface area contributed by atoms with Gasteiger partial charge in [-0.3, -0.25) is 4.90 Å². The minimum atomic E-state index is -1.38. The summed E-state index contributed by atoms with van der Waals surface area (Å²) in [6.45, 7) is 0.878. The molecule has 1 amide bonds. The van der Waals surface area contributed by atoms with Crippen LogP contribution < -0.4 is 0 Å². The standard InChI is InChI=1S/C28H26N2O3S/c31-27(33-19-21-11-4-1-5-12-21)30-18-10-17-24(30)26-29-25(20-34-26)28(32,22-13-6-2-7-14-22)23-15-8-3-9-16-23/h1-9,11-16,20,24,32H,10,17-19H2. The molecule has 1 aromatic heterocycles. The molecule has 0 saturated carbocycles. The lowest BCUT2D eigenvalue weighted by atomic mass is 9.84. The van der Waals surface area contributed by atoms with E-state index in [0.717, 1.165) is 34.5 Å². The molecule has 0 bridgehead atoms. The maximum absolute atomic E-state index is 12.9. The fourth-order valence-electron chi connectivity index (χ4n) is 4.47. The first-order valence-corrected chi connectivity index (χ1v) is 12.3. The van der Waals surface area contributed by atoms with E-state index in [0.29, 0.717) is 12.2 Å². The normalized spacial score (nSPS) is 15.9. The Bertz CT molecular complexity index is 1190. The number of carbonyl (C=O) groups excluding carboxylic acids is 1. The van der Waals surface area contributed by atoms with Gasteiger partial charge in [-0.1, -0.05) is 91.0 Å². The van der Waals surface area contributed by atoms with E-state index in [1.165, 1.54) is 11.3 Å². The molecule has 5 rings (SSSR count). The molecule has 172 valence electrons. The summed E-state index contributed by atoms with van der Waals surface area (Å²) in [5.41, 5.74) is 1.65. The summed E-state index contributed by atoms with van der Waals surface area (Å²) < 4.78 is 5.59. The zero-order chi connectivity index (χ0) is 23.4. The van der Waals surface area contributed by atoms with E-state index in [2.05, 4.69) is 0 Å². The van der Waals surface area contributed by atoms with Crippen molar-refractivity contribution in [3.05, 3.63) is 124 Å². The Balaban J connectivity index is 1.41. The monoisotopic (exact) mass is 470 g/mol. The molecule has 6 heteroatoms. The number of carbonyl (C=O) groups is 1. The van der Waals surface area contributed by atoms with Crippen LogP contribution in [-0.2, 0) is 16.9 Å². The SMILES string of the molecule is O=C(OCc1ccccc1)N1CCCC1c1nc(C(O)(c2ccccc2)c2ccccc2)cs1. The molecular weight excluding hydrogens is 444 g/mol. The summed E-state index contributed by atoms with van der Waals surface area (Å²) in [4.78, 5) is 19.5. The molecule has 0 aliphatic carbocycles. The lowest BCUT2D eigenvalue weighted by Crippen LogP contribution is -2.32. The Morgan fingerprint density at radius 2 is 1.56 bits per heavy atom. The molecule has 1 atom stereocenters. The Morgan fingerprint density at radius 3 is 2.18 bits per heavy atom. The lowest BCUT2D eigenvalue weighted by Gasteiger charge is -2.28. The van der Waals surface area contributed by atoms with Crippen molar-refractivity contribution >= 4 is 17.4 Å². The molecule has 1 saturated heterocycles. The van der Waals surface area contributed by atoms with Crippen molar-refractivity contribution in [2.75, 3.05) is 6.54 Å². The highest BCUT2D eigenvalue weighted by Crippen LogP contribution is 2.40. The molecule has 0 spiro atoms. The van der Waals surface area contributed by atoms with Crippen molar-refractivity contribution in [1.82, 2.24) is 9.88 Å². The number of nitrogens with zero attached hydrogens (tertiary/aromatic N) is 2. The van der Waals surface area contributed by atoms with Gasteiger partial charge in [0.25, 0.3) is 0 Å². The van der Waals surface area contributed by atoms with Crippen LogP contribution in [0.2, 0.25) is 0 Å². The highest BCUT2D eigenvalue weighted by molar-refractivity contribution is 7.09. The molecule has 1 unspecified atom stereocenters. The summed E-state index contributed by atoms with van der Waals surface area (Å²) in [6.07, 6.45) is 1.38. The fraction of sp³-hybridized carbons (Fsp3) is 0.214. The highest BCUT2D eigenvalue weighted by atomic mass is 32.1. The average Bonchev–Trinajstić information content (AvgIpc) is 3.59. The third-order valence-electron chi connectivity index (χ3n) is 6.25. The van der Waals surface area contributed by atoms with Crippen LogP contribution in [-0.4, -0.2) is 27.6 Å². The van der Waals surface area contributed by atoms with Crippen molar-refractivity contribution in [2.24, 2.45) is 0 Å². The lowest BCUT2D eigenvalue weighted by molar-refractivity contribution is 0.0917. The quantitative estimate of drug-likeness (QED) is 0.381. The molecule has 4 aromatic rings. The zero-order valence-electron chi connectivity index (χ0n) is 18.7. The molecule has 2 heterocycles. The van der Waals surface area contributed by atoms with E-state index >= 15 is 0 Å². The predicted octanol–water partition coefficient (Wildman–Crippen LogP) is 5.90. The molecule has 5 nitrogen and oxygen atoms in total. The van der Waals surface area contributed by atoms with Gasteiger partial charge >= 0.3 is 6.09 Å². The van der Waals surface area contributed by atoms with Crippen LogP contribution in [0.4, 0.5) is 4.79 Å². The van der Waals surface area contributed by atoms with Gasteiger partial charge in [0.1, 0.15) is 11.6 Å². The van der Waals surface area contributed by atoms with Crippen molar-refractivity contribution in [1.29, 1.82) is 0 Å². The number of aliphatic hydroxyl groups is 1. The second-order valence-electron chi connectivity index (χ2n) is 8.41. The van der Waals surface area contributed by atoms with Crippen LogP contribution in [0.3, 0.4) is 0 Å². The smallest absolute Gasteiger partial charge is 0.410 e. The van der Waals surface area contributed by atoms with E-state index < -0.39 is 5.60 Å². The van der Waals surface area contributed by atoms with Crippen LogP contribution in [0.15, 0.2) is 96.4 Å². The number of aromatic nitrogens is 1. The first kappa shape index (κ1) is 22.3. The summed E-state index contributed by atoms with van der Waals surface area (Å²) in [5, 5.41) is 14.7. The first-order valence-electron chi connectivity index (χ1n) is 11.4. The molecule has 1 aliphatic rings. The average molecular weight is 471 g/mol. The number of likely N-dealkylation sites (tertiary alicyclic amines) is 1. The Morgan fingerprint density at radius 1 is 0.971 bits per heavy atom. The number of hydrogen-bond acceptors (Lipinski definition) is 5. The molecular formula is C28H26N2O3S. The molecule has 1 fully saturated rings. The second-order valence-corrected chi connectivity index (χ2v) is 9.29. The Kier molecular flexibility index (Phi) is 6.43. The minimum Gasteiger partial charge on any atom is -0.445 e. The topological polar surface area (TPSA) is 62.7 Å². The van der Waals surface area contributed by atoms with Gasteiger partial charge < -0.3 is 9.84 Å². The Hall–Kier alpha value is -3.48. The van der Waals surface area contributed by atoms with E-state index in [-0.39, 0.29) is 18.7 Å². The molecule has 3 aromatic carbocycles. The number of rotatable bonds is 6. The van der Waals surface area contributed by atoms with E-state index in [1.807, 2.05) is 96.4 Å². The summed E-state index contributed by atoms with van der Waals surface area (Å²) >= 11 is 1.48. The van der Waals surface area contributed by atoms with Gasteiger partial charge in [0, 0.05) is 11.9 Å². The predicted molar refractivity (Wildman–Crippen MR) is 132 cm³/mol. The van der Waals surface area contributed by atoms with Crippen molar-refractivity contribution in [2.45, 2.75) is 31.1 Å². The zero-order valence-corrected chi connectivity index (χ0v) is 19.5. The van der Waals surface area contributed by atoms with Crippen LogP contribution in [0.5, 0.6) is 0 Å². The van der Waals surface area contributed by atoms with Gasteiger partial charge in [0.2, 0.25) is 0 Å². The van der Waals surface area contributed by atoms with E-state index in [4.69, 9.17) is 9.72 Å². The van der Waals surface area contributed by atoms with Gasteiger partial charge in [0.15, 0.2) is 5.60 Å². The third-order valence-corrected chi connectivity index (χ3v) is 7.20. The minimum absolute atomic E-state index is 0.155. The second kappa shape index (κ2) is 9.79.